The van der Waals surface area contributed by atoms with Crippen molar-refractivity contribution in [3.63, 3.8) is 0 Å². The number of phenolic OH excluding ortho intramolecular Hbond substituents is 3. The number of allylic oxidation sites excluding steroid dienone is 3. The van der Waals surface area contributed by atoms with E-state index in [0.717, 1.165) is 17.2 Å². The first-order valence-corrected chi connectivity index (χ1v) is 10.7. The molecule has 0 fully saturated rings. The third kappa shape index (κ3) is 4.83. The number of benzene rings is 2. The van der Waals surface area contributed by atoms with E-state index in [1.54, 1.807) is 0 Å². The molecule has 0 radical (unpaired) electrons. The summed E-state index contributed by atoms with van der Waals surface area (Å²) in [4.78, 5) is 13.2. The summed E-state index contributed by atoms with van der Waals surface area (Å²) in [7, 11) is 1.36. The number of ketones is 1. The predicted molar refractivity (Wildman–Crippen MR) is 124 cm³/mol. The number of fused-ring (bicyclic) bond motifs is 1. The Balaban J connectivity index is 2.14. The molecule has 1 aliphatic rings. The minimum atomic E-state index is -1.62. The first-order valence-electron chi connectivity index (χ1n) is 10.7. The Bertz CT molecular complexity index is 1110. The van der Waals surface area contributed by atoms with Crippen molar-refractivity contribution < 1.29 is 34.7 Å². The van der Waals surface area contributed by atoms with Gasteiger partial charge in [0.2, 0.25) is 5.78 Å². The highest BCUT2D eigenvalue weighted by Gasteiger charge is 2.42. The number of ether oxygens (including phenoxy) is 2. The van der Waals surface area contributed by atoms with Crippen LogP contribution in [0.25, 0.3) is 0 Å². The van der Waals surface area contributed by atoms with Gasteiger partial charge in [0.1, 0.15) is 34.3 Å². The van der Waals surface area contributed by atoms with Gasteiger partial charge in [-0.3, -0.25) is 4.79 Å². The molecule has 33 heavy (non-hydrogen) atoms. The second-order valence-corrected chi connectivity index (χ2v) is 8.64. The SMILES string of the molecule is C=C(C)C(CC=C(C)C)Cc1c(O)cc(OC)c2c1O[C@H](c1ccc(O)cc1O)[C@@H](O)C2=O. The largest absolute Gasteiger partial charge is 0.508 e. The fourth-order valence-electron chi connectivity index (χ4n) is 3.95. The number of carbonyl (C=O) groups is 1. The highest BCUT2D eigenvalue weighted by molar-refractivity contribution is 6.06. The number of rotatable bonds is 7. The van der Waals surface area contributed by atoms with E-state index in [1.165, 1.54) is 25.3 Å². The highest BCUT2D eigenvalue weighted by atomic mass is 16.5. The molecule has 0 spiro atoms. The van der Waals surface area contributed by atoms with Gasteiger partial charge in [-0.1, -0.05) is 23.8 Å². The van der Waals surface area contributed by atoms with Crippen LogP contribution in [-0.2, 0) is 6.42 Å². The number of hydrogen-bond donors (Lipinski definition) is 4. The first-order chi connectivity index (χ1) is 15.5. The summed E-state index contributed by atoms with van der Waals surface area (Å²) in [6.45, 7) is 9.98. The van der Waals surface area contributed by atoms with Crippen LogP contribution in [-0.4, -0.2) is 39.4 Å². The second-order valence-electron chi connectivity index (χ2n) is 8.64. The molecule has 1 heterocycles. The Morgan fingerprint density at radius 1 is 1.18 bits per heavy atom. The Morgan fingerprint density at radius 2 is 1.88 bits per heavy atom. The summed E-state index contributed by atoms with van der Waals surface area (Å²) in [6.07, 6.45) is 0.254. The molecule has 0 aliphatic carbocycles. The average molecular weight is 455 g/mol. The van der Waals surface area contributed by atoms with Crippen LogP contribution in [0.2, 0.25) is 0 Å². The summed E-state index contributed by atoms with van der Waals surface area (Å²) in [5, 5.41) is 41.5. The van der Waals surface area contributed by atoms with E-state index >= 15 is 0 Å². The molecule has 7 nitrogen and oxygen atoms in total. The fourth-order valence-corrected chi connectivity index (χ4v) is 3.95. The molecule has 1 aliphatic heterocycles. The lowest BCUT2D eigenvalue weighted by Gasteiger charge is -2.33. The molecule has 176 valence electrons. The maximum atomic E-state index is 13.2. The molecule has 7 heteroatoms. The van der Waals surface area contributed by atoms with E-state index in [1.807, 2.05) is 20.8 Å². The molecule has 0 saturated carbocycles. The molecule has 4 N–H and O–H groups in total. The number of aliphatic hydroxyl groups excluding tert-OH is 1. The van der Waals surface area contributed by atoms with Crippen LogP contribution >= 0.6 is 0 Å². The second kappa shape index (κ2) is 9.58. The molecule has 0 bridgehead atoms. The van der Waals surface area contributed by atoms with Crippen molar-refractivity contribution >= 4 is 5.78 Å². The zero-order chi connectivity index (χ0) is 24.4. The third-order valence-corrected chi connectivity index (χ3v) is 5.87. The van der Waals surface area contributed by atoms with Gasteiger partial charge < -0.3 is 29.9 Å². The van der Waals surface area contributed by atoms with Crippen LogP contribution in [0, 0.1) is 5.92 Å². The van der Waals surface area contributed by atoms with Gasteiger partial charge in [0, 0.05) is 23.3 Å². The summed E-state index contributed by atoms with van der Waals surface area (Å²) in [6, 6.07) is 5.15. The standard InChI is InChI=1S/C26H30O7/c1-13(2)6-7-15(14(3)4)10-18-20(29)12-21(32-5)22-23(30)24(31)26(33-25(18)22)17-9-8-16(27)11-19(17)28/h6,8-9,11-12,15,24,26-29,31H,3,7,10H2,1-2,4-5H3/t15?,24-,26+/m0/s1. The molecule has 3 rings (SSSR count). The first kappa shape index (κ1) is 24.2. The Kier molecular flexibility index (Phi) is 7.03. The van der Waals surface area contributed by atoms with E-state index < -0.39 is 18.0 Å². The highest BCUT2D eigenvalue weighted by Crippen LogP contribution is 2.48. The van der Waals surface area contributed by atoms with Gasteiger partial charge in [0.05, 0.1) is 7.11 Å². The van der Waals surface area contributed by atoms with Gasteiger partial charge in [0.25, 0.3) is 0 Å². The van der Waals surface area contributed by atoms with E-state index in [0.29, 0.717) is 18.4 Å². The van der Waals surface area contributed by atoms with Crippen molar-refractivity contribution in [3.05, 3.63) is 64.8 Å². The van der Waals surface area contributed by atoms with Crippen molar-refractivity contribution in [3.8, 4) is 28.7 Å². The van der Waals surface area contributed by atoms with Crippen molar-refractivity contribution in [1.82, 2.24) is 0 Å². The smallest absolute Gasteiger partial charge is 0.202 e. The van der Waals surface area contributed by atoms with Gasteiger partial charge in [-0.05, 0) is 51.7 Å². The minimum absolute atomic E-state index is 0.0330. The normalized spacial score (nSPS) is 18.2. The van der Waals surface area contributed by atoms with Crippen molar-refractivity contribution in [2.45, 2.75) is 45.8 Å². The van der Waals surface area contributed by atoms with Crippen molar-refractivity contribution in [2.24, 2.45) is 5.92 Å². The number of hydrogen-bond acceptors (Lipinski definition) is 7. The van der Waals surface area contributed by atoms with Gasteiger partial charge in [-0.25, -0.2) is 0 Å². The van der Waals surface area contributed by atoms with Gasteiger partial charge in [-0.15, -0.1) is 0 Å². The zero-order valence-corrected chi connectivity index (χ0v) is 19.3. The molecule has 0 aromatic heterocycles. The summed E-state index contributed by atoms with van der Waals surface area (Å²) in [5.41, 5.74) is 2.62. The van der Waals surface area contributed by atoms with Crippen LogP contribution in [0.1, 0.15) is 54.8 Å². The quantitative estimate of drug-likeness (QED) is 0.453. The maximum Gasteiger partial charge on any atom is 0.202 e. The number of aromatic hydroxyl groups is 3. The van der Waals surface area contributed by atoms with E-state index in [9.17, 15) is 25.2 Å². The van der Waals surface area contributed by atoms with Crippen molar-refractivity contribution in [2.75, 3.05) is 7.11 Å². The number of aliphatic hydroxyl groups is 1. The molecule has 0 saturated heterocycles. The molecular weight excluding hydrogens is 424 g/mol. The fraction of sp³-hybridized carbons (Fsp3) is 0.346. The van der Waals surface area contributed by atoms with Crippen LogP contribution in [0.15, 0.2) is 48.1 Å². The van der Waals surface area contributed by atoms with E-state index in [2.05, 4.69) is 12.7 Å². The van der Waals surface area contributed by atoms with E-state index in [-0.39, 0.29) is 45.8 Å². The molecule has 2 aromatic carbocycles. The molecule has 0 amide bonds. The number of carbonyl (C=O) groups excluding carboxylic acids is 1. The minimum Gasteiger partial charge on any atom is -0.508 e. The zero-order valence-electron chi connectivity index (χ0n) is 19.3. The Hall–Kier alpha value is -3.45. The lowest BCUT2D eigenvalue weighted by atomic mass is 9.85. The van der Waals surface area contributed by atoms with Gasteiger partial charge in [-0.2, -0.15) is 0 Å². The monoisotopic (exact) mass is 454 g/mol. The lowest BCUT2D eigenvalue weighted by Crippen LogP contribution is -2.37. The molecular formula is C26H30O7. The number of methoxy groups -OCH3 is 1. The van der Waals surface area contributed by atoms with Gasteiger partial charge >= 0.3 is 0 Å². The third-order valence-electron chi connectivity index (χ3n) is 5.87. The predicted octanol–water partition coefficient (Wildman–Crippen LogP) is 4.58. The average Bonchev–Trinajstić information content (AvgIpc) is 2.74. The molecule has 3 atom stereocenters. The Morgan fingerprint density at radius 3 is 2.45 bits per heavy atom. The lowest BCUT2D eigenvalue weighted by molar-refractivity contribution is 0.0197. The summed E-state index contributed by atoms with van der Waals surface area (Å²) in [5.74, 6) is -1.10. The summed E-state index contributed by atoms with van der Waals surface area (Å²) < 4.78 is 11.4. The number of phenols is 3. The topological polar surface area (TPSA) is 116 Å². The van der Waals surface area contributed by atoms with Gasteiger partial charge in [0.15, 0.2) is 12.2 Å². The number of Topliss-reactive ketones (excluding diaryl/α,β-unsaturated/α-hetero) is 1. The maximum absolute atomic E-state index is 13.2. The van der Waals surface area contributed by atoms with Crippen LogP contribution in [0.4, 0.5) is 0 Å². The Labute approximate surface area is 193 Å². The molecule has 2 aromatic rings. The van der Waals surface area contributed by atoms with Crippen LogP contribution < -0.4 is 9.47 Å². The van der Waals surface area contributed by atoms with Crippen LogP contribution in [0.3, 0.4) is 0 Å². The van der Waals surface area contributed by atoms with Crippen molar-refractivity contribution in [1.29, 1.82) is 0 Å². The van der Waals surface area contributed by atoms with Crippen LogP contribution in [0.5, 0.6) is 28.7 Å². The van der Waals surface area contributed by atoms with E-state index in [4.69, 9.17) is 9.47 Å². The molecule has 1 unspecified atom stereocenters. The summed E-state index contributed by atoms with van der Waals surface area (Å²) >= 11 is 0.